The van der Waals surface area contributed by atoms with Crippen molar-refractivity contribution in [2.24, 2.45) is 0 Å². The Morgan fingerprint density at radius 2 is 1.00 bits per heavy atom. The molecule has 0 aromatic heterocycles. The molecule has 0 saturated carbocycles. The molecular weight excluding hydrogens is 340 g/mol. The summed E-state index contributed by atoms with van der Waals surface area (Å²) < 4.78 is 6.35. The minimum atomic E-state index is -0.339. The standard InChI is InChI=1S/C27H20O/c1-17-11-13-19-20-14-12-18(2)16-24(20)27(23(19)15-17)21-7-3-5-9-25(21)28-26-10-6-4-8-22(26)27/h3-16H,1-2H3. The van der Waals surface area contributed by atoms with Gasteiger partial charge in [0.15, 0.2) is 0 Å². The molecule has 0 N–H and O–H groups in total. The molecule has 0 saturated heterocycles. The van der Waals surface area contributed by atoms with Gasteiger partial charge in [0.25, 0.3) is 0 Å². The minimum Gasteiger partial charge on any atom is -0.457 e. The first-order valence-electron chi connectivity index (χ1n) is 9.79. The molecule has 0 fully saturated rings. The van der Waals surface area contributed by atoms with Crippen molar-refractivity contribution < 1.29 is 4.74 Å². The third-order valence-corrected chi connectivity index (χ3v) is 6.25. The summed E-state index contributed by atoms with van der Waals surface area (Å²) in [6.07, 6.45) is 0. The lowest BCUT2D eigenvalue weighted by Crippen LogP contribution is -2.32. The molecule has 4 aromatic rings. The second kappa shape index (κ2) is 5.36. The Kier molecular flexibility index (Phi) is 3.01. The van der Waals surface area contributed by atoms with Crippen LogP contribution in [0.3, 0.4) is 0 Å². The zero-order valence-corrected chi connectivity index (χ0v) is 16.0. The molecule has 1 aliphatic heterocycles. The van der Waals surface area contributed by atoms with Crippen LogP contribution < -0.4 is 4.74 Å². The summed E-state index contributed by atoms with van der Waals surface area (Å²) in [5, 5.41) is 0. The fourth-order valence-electron chi connectivity index (χ4n) is 5.13. The third-order valence-electron chi connectivity index (χ3n) is 6.25. The molecule has 6 rings (SSSR count). The van der Waals surface area contributed by atoms with Crippen molar-refractivity contribution in [3.63, 3.8) is 0 Å². The second-order valence-electron chi connectivity index (χ2n) is 7.94. The van der Waals surface area contributed by atoms with Crippen LogP contribution in [0.5, 0.6) is 11.5 Å². The van der Waals surface area contributed by atoms with Gasteiger partial charge >= 0.3 is 0 Å². The van der Waals surface area contributed by atoms with Crippen molar-refractivity contribution in [3.8, 4) is 22.6 Å². The van der Waals surface area contributed by atoms with Crippen LogP contribution in [0, 0.1) is 13.8 Å². The van der Waals surface area contributed by atoms with E-state index < -0.39 is 0 Å². The van der Waals surface area contributed by atoms with Crippen LogP contribution in [-0.2, 0) is 5.41 Å². The minimum absolute atomic E-state index is 0.339. The highest BCUT2D eigenvalue weighted by Gasteiger charge is 2.50. The predicted molar refractivity (Wildman–Crippen MR) is 113 cm³/mol. The molecule has 134 valence electrons. The van der Waals surface area contributed by atoms with Gasteiger partial charge in [0.05, 0.1) is 5.41 Å². The summed E-state index contributed by atoms with van der Waals surface area (Å²) in [6.45, 7) is 4.36. The van der Waals surface area contributed by atoms with Gasteiger partial charge in [0.2, 0.25) is 0 Å². The molecule has 1 spiro atoms. The van der Waals surface area contributed by atoms with E-state index in [1.165, 1.54) is 44.5 Å². The van der Waals surface area contributed by atoms with E-state index >= 15 is 0 Å². The Morgan fingerprint density at radius 3 is 1.50 bits per heavy atom. The van der Waals surface area contributed by atoms with E-state index in [-0.39, 0.29) is 5.41 Å². The van der Waals surface area contributed by atoms with Gasteiger partial charge in [-0.05, 0) is 48.2 Å². The van der Waals surface area contributed by atoms with E-state index in [2.05, 4.69) is 98.8 Å². The number of fused-ring (bicyclic) bond motifs is 9. The highest BCUT2D eigenvalue weighted by atomic mass is 16.5. The van der Waals surface area contributed by atoms with Crippen molar-refractivity contribution in [3.05, 3.63) is 118 Å². The van der Waals surface area contributed by atoms with E-state index in [4.69, 9.17) is 4.74 Å². The van der Waals surface area contributed by atoms with Crippen LogP contribution in [-0.4, -0.2) is 0 Å². The van der Waals surface area contributed by atoms with Gasteiger partial charge in [0, 0.05) is 11.1 Å². The summed E-state index contributed by atoms with van der Waals surface area (Å²) in [6, 6.07) is 30.8. The Morgan fingerprint density at radius 1 is 0.536 bits per heavy atom. The van der Waals surface area contributed by atoms with Crippen molar-refractivity contribution in [2.75, 3.05) is 0 Å². The Labute approximate surface area is 165 Å². The number of aryl methyl sites for hydroxylation is 2. The fourth-order valence-corrected chi connectivity index (χ4v) is 5.13. The van der Waals surface area contributed by atoms with Gasteiger partial charge in [-0.3, -0.25) is 0 Å². The Hall–Kier alpha value is -3.32. The molecule has 2 aliphatic rings. The highest BCUT2D eigenvalue weighted by Crippen LogP contribution is 2.62. The number of benzene rings is 4. The molecule has 0 radical (unpaired) electrons. The average molecular weight is 360 g/mol. The van der Waals surface area contributed by atoms with Gasteiger partial charge in [-0.1, -0.05) is 83.9 Å². The lowest BCUT2D eigenvalue weighted by atomic mass is 9.66. The first-order chi connectivity index (χ1) is 13.7. The molecule has 1 heteroatoms. The van der Waals surface area contributed by atoms with Crippen LogP contribution >= 0.6 is 0 Å². The smallest absolute Gasteiger partial charge is 0.132 e. The van der Waals surface area contributed by atoms with Crippen LogP contribution in [0.15, 0.2) is 84.9 Å². The van der Waals surface area contributed by atoms with E-state index in [9.17, 15) is 0 Å². The van der Waals surface area contributed by atoms with Crippen molar-refractivity contribution in [2.45, 2.75) is 19.3 Å². The van der Waals surface area contributed by atoms with Crippen molar-refractivity contribution in [1.82, 2.24) is 0 Å². The molecule has 1 heterocycles. The molecule has 28 heavy (non-hydrogen) atoms. The molecular formula is C27H20O. The quantitative estimate of drug-likeness (QED) is 0.290. The van der Waals surface area contributed by atoms with E-state index in [1.807, 2.05) is 0 Å². The topological polar surface area (TPSA) is 9.23 Å². The third kappa shape index (κ3) is 1.81. The number of hydrogen-bond acceptors (Lipinski definition) is 1. The maximum absolute atomic E-state index is 6.35. The van der Waals surface area contributed by atoms with Crippen LogP contribution in [0.1, 0.15) is 33.4 Å². The van der Waals surface area contributed by atoms with Crippen LogP contribution in [0.25, 0.3) is 11.1 Å². The maximum atomic E-state index is 6.35. The van der Waals surface area contributed by atoms with Crippen molar-refractivity contribution >= 4 is 0 Å². The van der Waals surface area contributed by atoms with Gasteiger partial charge in [-0.2, -0.15) is 0 Å². The van der Waals surface area contributed by atoms with E-state index in [0.717, 1.165) is 11.5 Å². The summed E-state index contributed by atoms with van der Waals surface area (Å²) in [7, 11) is 0. The molecule has 0 bridgehead atoms. The Balaban J connectivity index is 1.87. The highest BCUT2D eigenvalue weighted by molar-refractivity contribution is 5.88. The lowest BCUT2D eigenvalue weighted by Gasteiger charge is -2.39. The number of ether oxygens (including phenoxy) is 1. The first-order valence-corrected chi connectivity index (χ1v) is 9.79. The number of rotatable bonds is 0. The monoisotopic (exact) mass is 360 g/mol. The summed E-state index contributed by atoms with van der Waals surface area (Å²) >= 11 is 0. The van der Waals surface area contributed by atoms with Crippen LogP contribution in [0.4, 0.5) is 0 Å². The largest absolute Gasteiger partial charge is 0.457 e. The van der Waals surface area contributed by atoms with Crippen LogP contribution in [0.2, 0.25) is 0 Å². The first kappa shape index (κ1) is 15.7. The fraction of sp³-hybridized carbons (Fsp3) is 0.111. The molecule has 1 aliphatic carbocycles. The van der Waals surface area contributed by atoms with Gasteiger partial charge in [-0.25, -0.2) is 0 Å². The molecule has 0 unspecified atom stereocenters. The molecule has 0 atom stereocenters. The Bertz CT molecular complexity index is 1170. The average Bonchev–Trinajstić information content (AvgIpc) is 2.98. The maximum Gasteiger partial charge on any atom is 0.132 e. The zero-order chi connectivity index (χ0) is 18.9. The van der Waals surface area contributed by atoms with Gasteiger partial charge < -0.3 is 4.74 Å². The predicted octanol–water partition coefficient (Wildman–Crippen LogP) is 6.77. The molecule has 4 aromatic carbocycles. The number of para-hydroxylation sites is 2. The normalized spacial score (nSPS) is 14.6. The second-order valence-corrected chi connectivity index (χ2v) is 7.94. The molecule has 0 amide bonds. The zero-order valence-electron chi connectivity index (χ0n) is 16.0. The molecule has 1 nitrogen and oxygen atoms in total. The van der Waals surface area contributed by atoms with Gasteiger partial charge in [-0.15, -0.1) is 0 Å². The summed E-state index contributed by atoms with van der Waals surface area (Å²) in [5.74, 6) is 1.89. The van der Waals surface area contributed by atoms with Gasteiger partial charge in [0.1, 0.15) is 11.5 Å². The van der Waals surface area contributed by atoms with Crippen molar-refractivity contribution in [1.29, 1.82) is 0 Å². The summed E-state index contributed by atoms with van der Waals surface area (Å²) in [4.78, 5) is 0. The summed E-state index contributed by atoms with van der Waals surface area (Å²) in [5.41, 5.74) is 10.0. The van der Waals surface area contributed by atoms with E-state index in [1.54, 1.807) is 0 Å². The van der Waals surface area contributed by atoms with E-state index in [0.29, 0.717) is 0 Å². The SMILES string of the molecule is Cc1ccc2c(c1)C1(c3ccccc3Oc3ccccc31)c1cc(C)ccc1-2. The lowest BCUT2D eigenvalue weighted by molar-refractivity contribution is 0.436. The number of hydrogen-bond donors (Lipinski definition) is 0.